The highest BCUT2D eigenvalue weighted by molar-refractivity contribution is 7.15. The van der Waals surface area contributed by atoms with Crippen molar-refractivity contribution in [2.24, 2.45) is 0 Å². The Morgan fingerprint density at radius 3 is 2.76 bits per heavy atom. The highest BCUT2D eigenvalue weighted by atomic mass is 32.1. The second kappa shape index (κ2) is 8.75. The van der Waals surface area contributed by atoms with Gasteiger partial charge in [-0.2, -0.15) is 4.98 Å². The highest BCUT2D eigenvalue weighted by Gasteiger charge is 2.12. The standard InChI is InChI=1S/C21H22N4O2S2/c1-14(2)15-5-7-17(8-6-15)27-12-19(26)22-10-9-16-13-29-21-23-20(24-25(16)21)18-4-3-11-28-18/h3-8,11,13-14H,9-10,12H2,1-2H3,(H,22,26). The molecule has 6 nitrogen and oxygen atoms in total. The molecule has 8 heteroatoms. The number of aromatic nitrogens is 3. The van der Waals surface area contributed by atoms with Crippen molar-refractivity contribution >= 4 is 33.5 Å². The molecule has 0 saturated heterocycles. The van der Waals surface area contributed by atoms with E-state index in [4.69, 9.17) is 4.74 Å². The number of benzene rings is 1. The van der Waals surface area contributed by atoms with Crippen molar-refractivity contribution in [2.45, 2.75) is 26.2 Å². The summed E-state index contributed by atoms with van der Waals surface area (Å²) in [6.07, 6.45) is 0.683. The molecule has 0 radical (unpaired) electrons. The Morgan fingerprint density at radius 1 is 1.21 bits per heavy atom. The van der Waals surface area contributed by atoms with Crippen LogP contribution in [0.2, 0.25) is 0 Å². The van der Waals surface area contributed by atoms with Crippen LogP contribution in [0.5, 0.6) is 5.75 Å². The number of carbonyl (C=O) groups excluding carboxylic acids is 1. The van der Waals surface area contributed by atoms with E-state index in [1.165, 1.54) is 5.56 Å². The maximum absolute atomic E-state index is 12.1. The molecule has 150 valence electrons. The van der Waals surface area contributed by atoms with Gasteiger partial charge in [-0.3, -0.25) is 4.79 Å². The molecule has 1 amide bonds. The zero-order valence-corrected chi connectivity index (χ0v) is 17.9. The van der Waals surface area contributed by atoms with Gasteiger partial charge in [0.15, 0.2) is 12.4 Å². The van der Waals surface area contributed by atoms with Crippen molar-refractivity contribution in [3.8, 4) is 16.5 Å². The average molecular weight is 427 g/mol. The molecule has 0 aliphatic rings. The number of hydrogen-bond acceptors (Lipinski definition) is 6. The predicted octanol–water partition coefficient (Wildman–Crippen LogP) is 4.38. The number of hydrogen-bond donors (Lipinski definition) is 1. The lowest BCUT2D eigenvalue weighted by Crippen LogP contribution is -2.30. The summed E-state index contributed by atoms with van der Waals surface area (Å²) in [4.78, 5) is 18.6. The van der Waals surface area contributed by atoms with Crippen LogP contribution in [0.25, 0.3) is 15.7 Å². The number of nitrogens with zero attached hydrogens (tertiary/aromatic N) is 3. The van der Waals surface area contributed by atoms with Crippen molar-refractivity contribution in [2.75, 3.05) is 13.2 Å². The molecule has 0 unspecified atom stereocenters. The molecule has 4 rings (SSSR count). The van der Waals surface area contributed by atoms with Crippen molar-refractivity contribution < 1.29 is 9.53 Å². The summed E-state index contributed by atoms with van der Waals surface area (Å²) in [6.45, 7) is 4.82. The number of thiophene rings is 1. The van der Waals surface area contributed by atoms with Crippen LogP contribution in [0.1, 0.15) is 31.0 Å². The lowest BCUT2D eigenvalue weighted by Gasteiger charge is -2.09. The summed E-state index contributed by atoms with van der Waals surface area (Å²) in [5.74, 6) is 1.78. The van der Waals surface area contributed by atoms with Crippen LogP contribution in [-0.2, 0) is 11.2 Å². The van der Waals surface area contributed by atoms with E-state index in [-0.39, 0.29) is 12.5 Å². The number of rotatable bonds is 8. The molecule has 0 bridgehead atoms. The zero-order valence-electron chi connectivity index (χ0n) is 16.3. The fraction of sp³-hybridized carbons (Fsp3) is 0.286. The maximum Gasteiger partial charge on any atom is 0.257 e. The van der Waals surface area contributed by atoms with Crippen LogP contribution < -0.4 is 10.1 Å². The number of amides is 1. The van der Waals surface area contributed by atoms with Gasteiger partial charge < -0.3 is 10.1 Å². The van der Waals surface area contributed by atoms with Crippen molar-refractivity contribution in [3.63, 3.8) is 0 Å². The molecular weight excluding hydrogens is 404 g/mol. The van der Waals surface area contributed by atoms with Gasteiger partial charge in [0.2, 0.25) is 4.96 Å². The molecule has 3 aromatic heterocycles. The number of nitrogens with one attached hydrogen (secondary N) is 1. The Bertz CT molecular complexity index is 1080. The summed E-state index contributed by atoms with van der Waals surface area (Å²) in [5, 5.41) is 11.5. The first kappa shape index (κ1) is 19.6. The molecular formula is C21H22N4O2S2. The summed E-state index contributed by atoms with van der Waals surface area (Å²) in [6, 6.07) is 11.9. The minimum atomic E-state index is -0.137. The average Bonchev–Trinajstić information content (AvgIpc) is 3.44. The molecule has 0 aliphatic heterocycles. The smallest absolute Gasteiger partial charge is 0.257 e. The summed E-state index contributed by atoms with van der Waals surface area (Å²) < 4.78 is 7.43. The molecule has 0 atom stereocenters. The Morgan fingerprint density at radius 2 is 2.03 bits per heavy atom. The van der Waals surface area contributed by atoms with Crippen LogP contribution in [0.4, 0.5) is 0 Å². The van der Waals surface area contributed by atoms with Crippen LogP contribution in [0.15, 0.2) is 47.2 Å². The first-order chi connectivity index (χ1) is 14.1. The fourth-order valence-corrected chi connectivity index (χ4v) is 4.39. The second-order valence-corrected chi connectivity index (χ2v) is 8.73. The van der Waals surface area contributed by atoms with Gasteiger partial charge in [0, 0.05) is 18.3 Å². The van der Waals surface area contributed by atoms with Crippen molar-refractivity contribution in [1.82, 2.24) is 19.9 Å². The summed E-state index contributed by atoms with van der Waals surface area (Å²) in [5.41, 5.74) is 2.28. The molecule has 0 fully saturated rings. The Balaban J connectivity index is 1.27. The van der Waals surface area contributed by atoms with E-state index >= 15 is 0 Å². The van der Waals surface area contributed by atoms with Crippen molar-refractivity contribution in [1.29, 1.82) is 0 Å². The van der Waals surface area contributed by atoms with E-state index in [9.17, 15) is 4.79 Å². The van der Waals surface area contributed by atoms with Crippen molar-refractivity contribution in [3.05, 3.63) is 58.4 Å². The molecule has 0 aliphatic carbocycles. The fourth-order valence-electron chi connectivity index (χ4n) is 2.89. The van der Waals surface area contributed by atoms with Gasteiger partial charge in [-0.1, -0.05) is 32.0 Å². The SMILES string of the molecule is CC(C)c1ccc(OCC(=O)NCCc2csc3nc(-c4cccs4)nn23)cc1. The zero-order chi connectivity index (χ0) is 20.2. The van der Waals surface area contributed by atoms with E-state index in [1.54, 1.807) is 22.7 Å². The summed E-state index contributed by atoms with van der Waals surface area (Å²) >= 11 is 3.18. The lowest BCUT2D eigenvalue weighted by molar-refractivity contribution is -0.123. The number of thiazole rings is 1. The number of fused-ring (bicyclic) bond motifs is 1. The van der Waals surface area contributed by atoms with Gasteiger partial charge in [-0.05, 0) is 35.1 Å². The van der Waals surface area contributed by atoms with Crippen LogP contribution in [-0.4, -0.2) is 33.7 Å². The molecule has 1 N–H and O–H groups in total. The van der Waals surface area contributed by atoms with Crippen LogP contribution in [0, 0.1) is 0 Å². The number of carbonyl (C=O) groups is 1. The highest BCUT2D eigenvalue weighted by Crippen LogP contribution is 2.24. The van der Waals surface area contributed by atoms with E-state index in [0.717, 1.165) is 21.4 Å². The van der Waals surface area contributed by atoms with E-state index in [0.29, 0.717) is 24.6 Å². The minimum Gasteiger partial charge on any atom is -0.484 e. The Hall–Kier alpha value is -2.71. The Labute approximate surface area is 177 Å². The first-order valence-electron chi connectivity index (χ1n) is 9.46. The molecule has 29 heavy (non-hydrogen) atoms. The Kier molecular flexibility index (Phi) is 5.92. The van der Waals surface area contributed by atoms with E-state index < -0.39 is 0 Å². The van der Waals surface area contributed by atoms with Gasteiger partial charge in [0.05, 0.1) is 10.6 Å². The third kappa shape index (κ3) is 4.65. The van der Waals surface area contributed by atoms with Gasteiger partial charge in [-0.15, -0.1) is 27.8 Å². The van der Waals surface area contributed by atoms with E-state index in [2.05, 4.69) is 29.2 Å². The van der Waals surface area contributed by atoms with Crippen LogP contribution >= 0.6 is 22.7 Å². The second-order valence-electron chi connectivity index (χ2n) is 6.95. The molecule has 3 heterocycles. The van der Waals surface area contributed by atoms with E-state index in [1.807, 2.05) is 51.7 Å². The van der Waals surface area contributed by atoms with Gasteiger partial charge >= 0.3 is 0 Å². The third-order valence-electron chi connectivity index (χ3n) is 4.51. The van der Waals surface area contributed by atoms with Gasteiger partial charge in [0.25, 0.3) is 5.91 Å². The minimum absolute atomic E-state index is 0.00588. The molecule has 1 aromatic carbocycles. The molecule has 0 saturated carbocycles. The topological polar surface area (TPSA) is 68.5 Å². The van der Waals surface area contributed by atoms with Crippen LogP contribution in [0.3, 0.4) is 0 Å². The third-order valence-corrected chi connectivity index (χ3v) is 6.24. The van der Waals surface area contributed by atoms with Gasteiger partial charge in [0.1, 0.15) is 5.75 Å². The number of ether oxygens (including phenoxy) is 1. The quantitative estimate of drug-likeness (QED) is 0.454. The van der Waals surface area contributed by atoms with Gasteiger partial charge in [-0.25, -0.2) is 4.52 Å². The lowest BCUT2D eigenvalue weighted by atomic mass is 10.0. The maximum atomic E-state index is 12.1. The largest absolute Gasteiger partial charge is 0.484 e. The molecule has 0 spiro atoms. The predicted molar refractivity (Wildman–Crippen MR) is 117 cm³/mol. The first-order valence-corrected chi connectivity index (χ1v) is 11.2. The molecule has 4 aromatic rings. The monoisotopic (exact) mass is 426 g/mol. The normalized spacial score (nSPS) is 11.3. The summed E-state index contributed by atoms with van der Waals surface area (Å²) in [7, 11) is 0.